The number of carbonyl (C=O) groups excluding carboxylic acids is 1. The Bertz CT molecular complexity index is 1110. The molecule has 32 heavy (non-hydrogen) atoms. The lowest BCUT2D eigenvalue weighted by atomic mass is 10.1. The van der Waals surface area contributed by atoms with Gasteiger partial charge in [-0.2, -0.15) is 34.7 Å². The van der Waals surface area contributed by atoms with Crippen molar-refractivity contribution in [1.29, 1.82) is 0 Å². The molecule has 0 aliphatic carbocycles. The first-order chi connectivity index (χ1) is 15.2. The highest BCUT2D eigenvalue weighted by molar-refractivity contribution is 8.00. The van der Waals surface area contributed by atoms with Gasteiger partial charge in [-0.25, -0.2) is 15.0 Å². The van der Waals surface area contributed by atoms with Crippen molar-refractivity contribution >= 4 is 29.3 Å². The van der Waals surface area contributed by atoms with Crippen molar-refractivity contribution in [2.75, 3.05) is 18.1 Å². The Balaban J connectivity index is 1.70. The summed E-state index contributed by atoms with van der Waals surface area (Å²) in [4.78, 5) is 27.6. The maximum absolute atomic E-state index is 13.4. The van der Waals surface area contributed by atoms with Gasteiger partial charge in [0.1, 0.15) is 6.33 Å². The molecular formula is C20H18ClF3N6OS. The maximum Gasteiger partial charge on any atom is 0.416 e. The summed E-state index contributed by atoms with van der Waals surface area (Å²) in [6.07, 6.45) is -0.188. The standard InChI is InChI=1S/C20H18ClF3N6OS/c1-12(17-27-11-28-30(17)19-25-3-2-4-26-19)29(8-13-9-32-10-13)18(31)14-5-15(20(22,23)24)7-16(21)6-14/h2-7,11-13H,8-10H2,1H3. The quantitative estimate of drug-likeness (QED) is 0.521. The van der Waals surface area contributed by atoms with E-state index >= 15 is 0 Å². The third kappa shape index (κ3) is 4.73. The van der Waals surface area contributed by atoms with E-state index in [-0.39, 0.29) is 22.5 Å². The molecule has 3 heterocycles. The lowest BCUT2D eigenvalue weighted by Gasteiger charge is -2.35. The van der Waals surface area contributed by atoms with Crippen LogP contribution in [0.2, 0.25) is 5.02 Å². The number of halogens is 4. The fourth-order valence-electron chi connectivity index (χ4n) is 3.36. The predicted octanol–water partition coefficient (Wildman–Crippen LogP) is 4.30. The number of carbonyl (C=O) groups is 1. The van der Waals surface area contributed by atoms with Gasteiger partial charge in [0, 0.05) is 29.5 Å². The molecule has 1 aromatic carbocycles. The fourth-order valence-corrected chi connectivity index (χ4v) is 4.37. The van der Waals surface area contributed by atoms with Crippen LogP contribution in [0.1, 0.15) is 34.7 Å². The largest absolute Gasteiger partial charge is 0.416 e. The number of hydrogen-bond acceptors (Lipinski definition) is 6. The molecule has 1 atom stereocenters. The van der Waals surface area contributed by atoms with Crippen LogP contribution in [0.25, 0.3) is 5.95 Å². The van der Waals surface area contributed by atoms with Gasteiger partial charge >= 0.3 is 6.18 Å². The van der Waals surface area contributed by atoms with Crippen molar-refractivity contribution in [2.45, 2.75) is 19.1 Å². The fraction of sp³-hybridized carbons (Fsp3) is 0.350. The first kappa shape index (κ1) is 22.5. The third-order valence-electron chi connectivity index (χ3n) is 5.05. The molecule has 1 aliphatic heterocycles. The highest BCUT2D eigenvalue weighted by Gasteiger charge is 2.35. The zero-order valence-electron chi connectivity index (χ0n) is 16.8. The average Bonchev–Trinajstić information content (AvgIpc) is 3.22. The van der Waals surface area contributed by atoms with Crippen LogP contribution >= 0.6 is 23.4 Å². The van der Waals surface area contributed by atoms with Crippen molar-refractivity contribution in [3.63, 3.8) is 0 Å². The van der Waals surface area contributed by atoms with Gasteiger partial charge < -0.3 is 4.90 Å². The van der Waals surface area contributed by atoms with E-state index in [1.807, 2.05) is 0 Å². The molecule has 3 aromatic rings. The van der Waals surface area contributed by atoms with Crippen LogP contribution in [0.5, 0.6) is 0 Å². The van der Waals surface area contributed by atoms with E-state index < -0.39 is 23.7 Å². The summed E-state index contributed by atoms with van der Waals surface area (Å²) in [5, 5.41) is 4.01. The molecule has 1 unspecified atom stereocenters. The van der Waals surface area contributed by atoms with Crippen molar-refractivity contribution in [3.8, 4) is 5.95 Å². The summed E-state index contributed by atoms with van der Waals surface area (Å²) in [5.74, 6) is 2.08. The van der Waals surface area contributed by atoms with Gasteiger partial charge in [0.15, 0.2) is 5.82 Å². The number of hydrogen-bond donors (Lipinski definition) is 0. The maximum atomic E-state index is 13.4. The van der Waals surface area contributed by atoms with Crippen LogP contribution in [0.4, 0.5) is 13.2 Å². The molecule has 0 N–H and O–H groups in total. The Morgan fingerprint density at radius 1 is 1.25 bits per heavy atom. The SMILES string of the molecule is CC(c1ncnn1-c1ncccn1)N(CC1CSC1)C(=O)c1cc(Cl)cc(C(F)(F)F)c1. The van der Waals surface area contributed by atoms with Gasteiger partial charge in [0.05, 0.1) is 11.6 Å². The topological polar surface area (TPSA) is 76.8 Å². The number of nitrogens with zero attached hydrogens (tertiary/aromatic N) is 6. The second kappa shape index (κ2) is 9.07. The molecule has 0 radical (unpaired) electrons. The molecule has 7 nitrogen and oxygen atoms in total. The van der Waals surface area contributed by atoms with Crippen molar-refractivity contribution in [2.24, 2.45) is 5.92 Å². The molecule has 1 fully saturated rings. The molecule has 4 rings (SSSR count). The molecular weight excluding hydrogens is 465 g/mol. The van der Waals surface area contributed by atoms with Gasteiger partial charge in [0.25, 0.3) is 11.9 Å². The third-order valence-corrected chi connectivity index (χ3v) is 6.68. The second-order valence-electron chi connectivity index (χ2n) is 7.34. The van der Waals surface area contributed by atoms with Gasteiger partial charge in [-0.3, -0.25) is 4.79 Å². The van der Waals surface area contributed by atoms with E-state index in [4.69, 9.17) is 11.6 Å². The first-order valence-electron chi connectivity index (χ1n) is 9.68. The van der Waals surface area contributed by atoms with E-state index in [1.165, 1.54) is 22.0 Å². The zero-order valence-corrected chi connectivity index (χ0v) is 18.4. The molecule has 168 valence electrons. The normalized spacial score (nSPS) is 15.3. The summed E-state index contributed by atoms with van der Waals surface area (Å²) in [6, 6.07) is 3.93. The van der Waals surface area contributed by atoms with Crippen LogP contribution < -0.4 is 0 Å². The summed E-state index contributed by atoms with van der Waals surface area (Å²) in [6.45, 7) is 2.12. The minimum absolute atomic E-state index is 0.134. The van der Waals surface area contributed by atoms with Crippen molar-refractivity contribution in [3.05, 3.63) is 65.0 Å². The Labute approximate surface area is 191 Å². The zero-order chi connectivity index (χ0) is 22.9. The molecule has 1 aliphatic rings. The number of benzene rings is 1. The number of aromatic nitrogens is 5. The number of alkyl halides is 3. The Kier molecular flexibility index (Phi) is 6.38. The molecule has 0 saturated carbocycles. The minimum atomic E-state index is -4.62. The molecule has 0 spiro atoms. The van der Waals surface area contributed by atoms with Crippen LogP contribution in [-0.4, -0.2) is 53.6 Å². The monoisotopic (exact) mass is 482 g/mol. The molecule has 1 saturated heterocycles. The van der Waals surface area contributed by atoms with Crippen LogP contribution in [-0.2, 0) is 6.18 Å². The van der Waals surface area contributed by atoms with Crippen molar-refractivity contribution in [1.82, 2.24) is 29.6 Å². The van der Waals surface area contributed by atoms with E-state index in [0.29, 0.717) is 12.4 Å². The molecule has 0 bridgehead atoms. The van der Waals surface area contributed by atoms with Crippen molar-refractivity contribution < 1.29 is 18.0 Å². The number of rotatable bonds is 6. The Morgan fingerprint density at radius 3 is 2.59 bits per heavy atom. The molecule has 2 aromatic heterocycles. The van der Waals surface area contributed by atoms with Crippen LogP contribution in [0, 0.1) is 5.92 Å². The number of thioether (sulfide) groups is 1. The average molecular weight is 483 g/mol. The van der Waals surface area contributed by atoms with E-state index in [9.17, 15) is 18.0 Å². The number of amides is 1. The molecule has 1 amide bonds. The van der Waals surface area contributed by atoms with Crippen LogP contribution in [0.3, 0.4) is 0 Å². The van der Waals surface area contributed by atoms with Gasteiger partial charge in [-0.05, 0) is 48.6 Å². The van der Waals surface area contributed by atoms with Gasteiger partial charge in [-0.1, -0.05) is 11.6 Å². The first-order valence-corrected chi connectivity index (χ1v) is 11.2. The summed E-state index contributed by atoms with van der Waals surface area (Å²) < 4.78 is 41.3. The summed E-state index contributed by atoms with van der Waals surface area (Å²) in [5.41, 5.74) is -1.10. The summed E-state index contributed by atoms with van der Waals surface area (Å²) >= 11 is 7.67. The highest BCUT2D eigenvalue weighted by atomic mass is 35.5. The van der Waals surface area contributed by atoms with Crippen LogP contribution in [0.15, 0.2) is 43.0 Å². The highest BCUT2D eigenvalue weighted by Crippen LogP contribution is 2.34. The van der Waals surface area contributed by atoms with E-state index in [1.54, 1.807) is 37.1 Å². The molecule has 12 heteroatoms. The van der Waals surface area contributed by atoms with Gasteiger partial charge in [-0.15, -0.1) is 0 Å². The van der Waals surface area contributed by atoms with Gasteiger partial charge in [0.2, 0.25) is 0 Å². The Hall–Kier alpha value is -2.66. The predicted molar refractivity (Wildman–Crippen MR) is 114 cm³/mol. The minimum Gasteiger partial charge on any atom is -0.328 e. The van der Waals surface area contributed by atoms with E-state index in [0.717, 1.165) is 23.6 Å². The van der Waals surface area contributed by atoms with E-state index in [2.05, 4.69) is 20.1 Å². The summed E-state index contributed by atoms with van der Waals surface area (Å²) in [7, 11) is 0. The second-order valence-corrected chi connectivity index (χ2v) is 8.85. The lowest BCUT2D eigenvalue weighted by Crippen LogP contribution is -2.42. The Morgan fingerprint density at radius 2 is 1.97 bits per heavy atom. The smallest absolute Gasteiger partial charge is 0.328 e. The lowest BCUT2D eigenvalue weighted by molar-refractivity contribution is -0.137.